The van der Waals surface area contributed by atoms with E-state index in [9.17, 15) is 4.57 Å². The van der Waals surface area contributed by atoms with Crippen LogP contribution in [0, 0.1) is 0 Å². The Labute approximate surface area is 162 Å². The number of hydrogen-bond acceptors (Lipinski definition) is 4. The van der Waals surface area contributed by atoms with Crippen LogP contribution in [0.25, 0.3) is 0 Å². The van der Waals surface area contributed by atoms with Gasteiger partial charge >= 0.3 is 0 Å². The summed E-state index contributed by atoms with van der Waals surface area (Å²) in [5, 5.41) is 3.78. The van der Waals surface area contributed by atoms with E-state index in [-0.39, 0.29) is 6.04 Å². The number of hydrogen-bond donors (Lipinski definition) is 1. The van der Waals surface area contributed by atoms with E-state index in [1.54, 1.807) is 21.3 Å². The highest BCUT2D eigenvalue weighted by Crippen LogP contribution is 2.55. The minimum atomic E-state index is -2.91. The topological polar surface area (TPSA) is 56.8 Å². The molecule has 2 atom stereocenters. The number of methoxy groups -OCH3 is 3. The van der Waals surface area contributed by atoms with E-state index in [1.165, 1.54) is 0 Å². The number of nitrogens with one attached hydrogen (secondary N) is 1. The van der Waals surface area contributed by atoms with Crippen LogP contribution >= 0.6 is 7.29 Å². The van der Waals surface area contributed by atoms with Gasteiger partial charge in [-0.3, -0.25) is 5.09 Å². The normalized spacial score (nSPS) is 14.9. The van der Waals surface area contributed by atoms with E-state index in [0.29, 0.717) is 17.2 Å². The molecule has 0 spiro atoms. The fourth-order valence-electron chi connectivity index (χ4n) is 2.99. The van der Waals surface area contributed by atoms with Crippen molar-refractivity contribution in [1.82, 2.24) is 5.09 Å². The van der Waals surface area contributed by atoms with Crippen LogP contribution in [0.2, 0.25) is 0 Å². The zero-order valence-corrected chi connectivity index (χ0v) is 18.1. The van der Waals surface area contributed by atoms with Gasteiger partial charge in [-0.15, -0.1) is 0 Å². The van der Waals surface area contributed by atoms with E-state index in [1.807, 2.05) is 70.2 Å². The Bertz CT molecular complexity index is 790. The molecule has 0 radical (unpaired) electrons. The highest BCUT2D eigenvalue weighted by molar-refractivity contribution is 7.71. The van der Waals surface area contributed by atoms with Crippen LogP contribution in [0.5, 0.6) is 17.2 Å². The second-order valence-corrected chi connectivity index (χ2v) is 10.8. The highest BCUT2D eigenvalue weighted by atomic mass is 31.2. The lowest BCUT2D eigenvalue weighted by Crippen LogP contribution is -2.34. The lowest BCUT2D eigenvalue weighted by molar-refractivity contribution is 0.323. The molecule has 0 aromatic heterocycles. The Morgan fingerprint density at radius 2 is 1.44 bits per heavy atom. The first-order valence-electron chi connectivity index (χ1n) is 8.91. The lowest BCUT2D eigenvalue weighted by Gasteiger charge is -2.35. The molecule has 0 amide bonds. The molecule has 2 aromatic carbocycles. The molecule has 0 aliphatic heterocycles. The molecular formula is C21H30NO4P. The maximum Gasteiger partial charge on any atom is 0.203 e. The van der Waals surface area contributed by atoms with Gasteiger partial charge in [0.1, 0.15) is 0 Å². The summed E-state index contributed by atoms with van der Waals surface area (Å²) >= 11 is 0. The van der Waals surface area contributed by atoms with Gasteiger partial charge in [-0.2, -0.15) is 0 Å². The largest absolute Gasteiger partial charge is 0.493 e. The molecule has 0 fully saturated rings. The summed E-state index contributed by atoms with van der Waals surface area (Å²) in [5.74, 6) is 1.69. The van der Waals surface area contributed by atoms with Crippen molar-refractivity contribution >= 4 is 12.6 Å². The second kappa shape index (κ2) is 8.37. The van der Waals surface area contributed by atoms with Crippen molar-refractivity contribution in [2.24, 2.45) is 0 Å². The Kier molecular flexibility index (Phi) is 6.61. The minimum Gasteiger partial charge on any atom is -0.493 e. The molecule has 5 nitrogen and oxygen atoms in total. The lowest BCUT2D eigenvalue weighted by atomic mass is 10.1. The summed E-state index contributed by atoms with van der Waals surface area (Å²) in [7, 11) is 1.84. The molecule has 0 aliphatic rings. The van der Waals surface area contributed by atoms with Gasteiger partial charge in [-0.1, -0.05) is 51.1 Å². The van der Waals surface area contributed by atoms with E-state index < -0.39 is 12.4 Å². The molecular weight excluding hydrogens is 361 g/mol. The Hall–Kier alpha value is -1.97. The zero-order valence-electron chi connectivity index (χ0n) is 17.2. The van der Waals surface area contributed by atoms with Crippen molar-refractivity contribution in [1.29, 1.82) is 0 Å². The maximum absolute atomic E-state index is 14.1. The number of rotatable bonds is 7. The third-order valence-electron chi connectivity index (χ3n) is 4.63. The van der Waals surface area contributed by atoms with E-state index >= 15 is 0 Å². The highest BCUT2D eigenvalue weighted by Gasteiger charge is 2.39. The smallest absolute Gasteiger partial charge is 0.203 e. The van der Waals surface area contributed by atoms with Gasteiger partial charge in [0.2, 0.25) is 5.75 Å². The molecule has 0 aliphatic carbocycles. The van der Waals surface area contributed by atoms with Crippen molar-refractivity contribution in [3.05, 3.63) is 48.0 Å². The summed E-state index contributed by atoms with van der Waals surface area (Å²) in [6, 6.07) is 13.2. The van der Waals surface area contributed by atoms with Crippen LogP contribution in [0.15, 0.2) is 42.5 Å². The standard InChI is InChI=1S/C21H30NO4P/c1-15(16-13-18(24-5)20(26-7)19(14-16)25-6)22-27(23,21(2,3)4)17-11-9-8-10-12-17/h8-15H,1-7H3,(H,22,23)/t15-,27+/m1/s1. The predicted octanol–water partition coefficient (Wildman–Crippen LogP) is 4.77. The quantitative estimate of drug-likeness (QED) is 0.690. The van der Waals surface area contributed by atoms with Gasteiger partial charge in [0, 0.05) is 16.5 Å². The minimum absolute atomic E-state index is 0.191. The van der Waals surface area contributed by atoms with Gasteiger partial charge in [0.05, 0.1) is 21.3 Å². The average Bonchev–Trinajstić information content (AvgIpc) is 2.66. The first-order chi connectivity index (χ1) is 12.7. The summed E-state index contributed by atoms with van der Waals surface area (Å²) in [5.41, 5.74) is 0.907. The summed E-state index contributed by atoms with van der Waals surface area (Å²) in [6.45, 7) is 7.98. The molecule has 0 bridgehead atoms. The molecule has 0 heterocycles. The van der Waals surface area contributed by atoms with Crippen molar-refractivity contribution in [3.63, 3.8) is 0 Å². The molecule has 1 N–H and O–H groups in total. The first-order valence-corrected chi connectivity index (χ1v) is 10.6. The molecule has 0 saturated heterocycles. The SMILES string of the molecule is COc1cc([C@@H](C)N[P@](=O)(c2ccccc2)C(C)(C)C)cc(OC)c1OC. The molecule has 2 rings (SSSR count). The summed E-state index contributed by atoms with van der Waals surface area (Å²) in [4.78, 5) is 0. The Morgan fingerprint density at radius 1 is 0.926 bits per heavy atom. The predicted molar refractivity (Wildman–Crippen MR) is 111 cm³/mol. The fraction of sp³-hybridized carbons (Fsp3) is 0.429. The Balaban J connectivity index is 2.48. The molecule has 0 saturated carbocycles. The third kappa shape index (κ3) is 4.31. The van der Waals surface area contributed by atoms with Crippen LogP contribution in [0.1, 0.15) is 39.3 Å². The fourth-order valence-corrected chi connectivity index (χ4v) is 5.59. The van der Waals surface area contributed by atoms with Gasteiger partial charge in [-0.05, 0) is 24.6 Å². The Morgan fingerprint density at radius 3 is 1.85 bits per heavy atom. The molecule has 27 heavy (non-hydrogen) atoms. The third-order valence-corrected chi connectivity index (χ3v) is 8.29. The van der Waals surface area contributed by atoms with Gasteiger partial charge < -0.3 is 18.8 Å². The number of ether oxygens (including phenoxy) is 3. The van der Waals surface area contributed by atoms with Gasteiger partial charge in [0.15, 0.2) is 18.8 Å². The molecule has 148 valence electrons. The molecule has 6 heteroatoms. The molecule has 2 aromatic rings. The van der Waals surface area contributed by atoms with Crippen LogP contribution in [0.4, 0.5) is 0 Å². The second-order valence-electron chi connectivity index (χ2n) is 7.43. The van der Waals surface area contributed by atoms with Crippen LogP contribution in [-0.2, 0) is 4.57 Å². The van der Waals surface area contributed by atoms with Crippen LogP contribution in [0.3, 0.4) is 0 Å². The monoisotopic (exact) mass is 391 g/mol. The van der Waals surface area contributed by atoms with E-state index in [0.717, 1.165) is 10.9 Å². The van der Waals surface area contributed by atoms with Crippen molar-refractivity contribution in [2.75, 3.05) is 21.3 Å². The van der Waals surface area contributed by atoms with Crippen LogP contribution < -0.4 is 24.6 Å². The zero-order chi connectivity index (χ0) is 20.2. The first kappa shape index (κ1) is 21.3. The maximum atomic E-state index is 14.1. The van der Waals surface area contributed by atoms with Crippen LogP contribution in [-0.4, -0.2) is 26.5 Å². The number of benzene rings is 2. The molecule has 0 unspecified atom stereocenters. The van der Waals surface area contributed by atoms with Gasteiger partial charge in [-0.25, -0.2) is 0 Å². The van der Waals surface area contributed by atoms with Gasteiger partial charge in [0.25, 0.3) is 0 Å². The summed E-state index contributed by atoms with van der Waals surface area (Å²) in [6.07, 6.45) is 0. The van der Waals surface area contributed by atoms with Crippen molar-refractivity contribution in [2.45, 2.75) is 38.9 Å². The summed E-state index contributed by atoms with van der Waals surface area (Å²) < 4.78 is 30.3. The average molecular weight is 391 g/mol. The van der Waals surface area contributed by atoms with E-state index in [4.69, 9.17) is 14.2 Å². The van der Waals surface area contributed by atoms with Crippen molar-refractivity contribution < 1.29 is 18.8 Å². The van der Waals surface area contributed by atoms with E-state index in [2.05, 4.69) is 5.09 Å². The van der Waals surface area contributed by atoms with Crippen molar-refractivity contribution in [3.8, 4) is 17.2 Å².